The smallest absolute Gasteiger partial charge is 0.306 e. The molecule has 1 unspecified atom stereocenters. The molecule has 0 aromatic heterocycles. The van der Waals surface area contributed by atoms with Crippen molar-refractivity contribution < 1.29 is 24.2 Å². The molecule has 0 aliphatic heterocycles. The molecule has 0 aliphatic carbocycles. The molecule has 0 amide bonds. The number of aliphatic hydroxyl groups excluding tert-OH is 1. The molecule has 0 aromatic rings. The normalized spacial score (nSPS) is 12.6. The first kappa shape index (κ1) is 81.3. The molecule has 0 aliphatic rings. The van der Waals surface area contributed by atoms with Gasteiger partial charge in [0.1, 0.15) is 6.61 Å². The summed E-state index contributed by atoms with van der Waals surface area (Å²) in [5.41, 5.74) is 0. The van der Waals surface area contributed by atoms with Crippen molar-refractivity contribution in [3.63, 3.8) is 0 Å². The molecule has 0 spiro atoms. The maximum absolute atomic E-state index is 12.4. The van der Waals surface area contributed by atoms with E-state index >= 15 is 0 Å². The van der Waals surface area contributed by atoms with E-state index in [1.165, 1.54) is 295 Å². The van der Waals surface area contributed by atoms with Gasteiger partial charge in [0, 0.05) is 12.8 Å². The monoisotopic (exact) mass is 1170 g/mol. The summed E-state index contributed by atoms with van der Waals surface area (Å²) in [7, 11) is 0. The van der Waals surface area contributed by atoms with Gasteiger partial charge in [-0.2, -0.15) is 0 Å². The molecule has 0 bridgehead atoms. The highest BCUT2D eigenvalue weighted by atomic mass is 16.6. The Hall–Kier alpha value is -2.66. The van der Waals surface area contributed by atoms with Crippen LogP contribution in [0.25, 0.3) is 0 Å². The van der Waals surface area contributed by atoms with E-state index in [1.54, 1.807) is 0 Å². The van der Waals surface area contributed by atoms with Crippen molar-refractivity contribution in [2.75, 3.05) is 13.2 Å². The number of allylic oxidation sites excluding steroid dienone is 12. The molecule has 0 rings (SSSR count). The van der Waals surface area contributed by atoms with Gasteiger partial charge in [0.05, 0.1) is 6.61 Å². The number of unbranched alkanes of at least 4 members (excludes halogenated alkanes) is 50. The van der Waals surface area contributed by atoms with Crippen molar-refractivity contribution in [2.24, 2.45) is 0 Å². The Morgan fingerprint density at radius 3 is 0.774 bits per heavy atom. The Labute approximate surface area is 524 Å². The molecule has 0 fully saturated rings. The first-order valence-corrected chi connectivity index (χ1v) is 37.5. The van der Waals surface area contributed by atoms with Crippen LogP contribution < -0.4 is 0 Å². The third kappa shape index (κ3) is 71.8. The summed E-state index contributed by atoms with van der Waals surface area (Å²) in [5.74, 6) is -0.572. The summed E-state index contributed by atoms with van der Waals surface area (Å²) in [6.45, 7) is 4.08. The van der Waals surface area contributed by atoms with E-state index < -0.39 is 6.10 Å². The van der Waals surface area contributed by atoms with Crippen LogP contribution >= 0.6 is 0 Å². The van der Waals surface area contributed by atoms with Gasteiger partial charge in [-0.1, -0.05) is 395 Å². The first-order valence-electron chi connectivity index (χ1n) is 37.5. The molecule has 5 nitrogen and oxygen atoms in total. The number of hydrogen-bond acceptors (Lipinski definition) is 5. The highest BCUT2D eigenvalue weighted by molar-refractivity contribution is 5.70. The van der Waals surface area contributed by atoms with Gasteiger partial charge in [0.2, 0.25) is 0 Å². The maximum atomic E-state index is 12.4. The number of esters is 2. The zero-order valence-electron chi connectivity index (χ0n) is 56.4. The Kier molecular flexibility index (Phi) is 72.2. The average molecular weight is 1170 g/mol. The first-order chi connectivity index (χ1) is 41.6. The lowest BCUT2D eigenvalue weighted by atomic mass is 10.0. The minimum Gasteiger partial charge on any atom is -0.462 e. The quantitative estimate of drug-likeness (QED) is 0.0373. The Balaban J connectivity index is 3.40. The minimum absolute atomic E-state index is 0.0630. The molecule has 0 aromatic carbocycles. The Bertz CT molecular complexity index is 1470. The van der Waals surface area contributed by atoms with Gasteiger partial charge in [0.25, 0.3) is 0 Å². The lowest BCUT2D eigenvalue weighted by molar-refractivity contribution is -0.161. The van der Waals surface area contributed by atoms with Gasteiger partial charge in [-0.3, -0.25) is 9.59 Å². The van der Waals surface area contributed by atoms with E-state index in [1.807, 2.05) is 0 Å². The summed E-state index contributed by atoms with van der Waals surface area (Å²) in [4.78, 5) is 24.7. The van der Waals surface area contributed by atoms with Crippen molar-refractivity contribution in [3.05, 3.63) is 72.9 Å². The van der Waals surface area contributed by atoms with Crippen LogP contribution in [0, 0.1) is 0 Å². The number of carbonyl (C=O) groups is 2. The van der Waals surface area contributed by atoms with Crippen LogP contribution in [0.5, 0.6) is 0 Å². The molecule has 84 heavy (non-hydrogen) atoms. The summed E-state index contributed by atoms with van der Waals surface area (Å²) < 4.78 is 10.8. The molecule has 1 N–H and O–H groups in total. The topological polar surface area (TPSA) is 72.8 Å². The van der Waals surface area contributed by atoms with E-state index in [0.717, 1.165) is 77.0 Å². The highest BCUT2D eigenvalue weighted by Gasteiger charge is 2.16. The lowest BCUT2D eigenvalue weighted by Crippen LogP contribution is -2.28. The van der Waals surface area contributed by atoms with Crippen molar-refractivity contribution in [1.29, 1.82) is 0 Å². The van der Waals surface area contributed by atoms with Gasteiger partial charge in [-0.15, -0.1) is 0 Å². The van der Waals surface area contributed by atoms with Crippen molar-refractivity contribution in [3.8, 4) is 0 Å². The van der Waals surface area contributed by atoms with Gasteiger partial charge < -0.3 is 14.6 Å². The fourth-order valence-electron chi connectivity index (χ4n) is 11.4. The van der Waals surface area contributed by atoms with Gasteiger partial charge in [-0.05, 0) is 64.2 Å². The van der Waals surface area contributed by atoms with Crippen LogP contribution in [0.2, 0.25) is 0 Å². The average Bonchev–Trinajstić information content (AvgIpc) is 3.51. The van der Waals surface area contributed by atoms with E-state index in [0.29, 0.717) is 12.8 Å². The Morgan fingerprint density at radius 2 is 0.512 bits per heavy atom. The summed E-state index contributed by atoms with van der Waals surface area (Å²) >= 11 is 0. The maximum Gasteiger partial charge on any atom is 0.306 e. The van der Waals surface area contributed by atoms with Gasteiger partial charge in [0.15, 0.2) is 6.10 Å². The van der Waals surface area contributed by atoms with Crippen LogP contribution in [0.15, 0.2) is 72.9 Å². The van der Waals surface area contributed by atoms with E-state index in [-0.39, 0.29) is 25.2 Å². The second-order valence-corrected chi connectivity index (χ2v) is 25.4. The molecule has 0 saturated carbocycles. The largest absolute Gasteiger partial charge is 0.462 e. The van der Waals surface area contributed by atoms with Crippen LogP contribution in [-0.4, -0.2) is 36.4 Å². The number of carbonyl (C=O) groups excluding carboxylic acids is 2. The number of rotatable bonds is 70. The predicted molar refractivity (Wildman–Crippen MR) is 371 cm³/mol. The third-order valence-electron chi connectivity index (χ3n) is 17.0. The van der Waals surface area contributed by atoms with E-state index in [4.69, 9.17) is 9.47 Å². The number of aliphatic hydroxyl groups is 1. The minimum atomic E-state index is -0.775. The number of hydrogen-bond donors (Lipinski definition) is 1. The van der Waals surface area contributed by atoms with Gasteiger partial charge >= 0.3 is 11.9 Å². The summed E-state index contributed by atoms with van der Waals surface area (Å²) in [5, 5.41) is 9.72. The molecule has 0 radical (unpaired) electrons. The SMILES string of the molecule is CC/C=C\C/C=C\C/C=C\C/C=C\C/C=C\C/C=C\CCCCCCCCCCCCCCCCC(=O)OC(CO)COC(=O)CCCCCCCCCCCCCCCCCCCCCCCCCCCCCCCCCCCCCCC. The van der Waals surface area contributed by atoms with E-state index in [9.17, 15) is 14.7 Å². The lowest BCUT2D eigenvalue weighted by Gasteiger charge is -2.15. The molecular formula is C79H144O5. The fraction of sp³-hybridized carbons (Fsp3) is 0.823. The Morgan fingerprint density at radius 1 is 0.286 bits per heavy atom. The van der Waals surface area contributed by atoms with Crippen molar-refractivity contribution >= 4 is 11.9 Å². The third-order valence-corrected chi connectivity index (χ3v) is 17.0. The van der Waals surface area contributed by atoms with Crippen LogP contribution in [0.3, 0.4) is 0 Å². The molecule has 490 valence electrons. The van der Waals surface area contributed by atoms with Gasteiger partial charge in [-0.25, -0.2) is 0 Å². The summed E-state index contributed by atoms with van der Waals surface area (Å²) in [6, 6.07) is 0. The van der Waals surface area contributed by atoms with Crippen molar-refractivity contribution in [1.82, 2.24) is 0 Å². The van der Waals surface area contributed by atoms with Crippen LogP contribution in [0.4, 0.5) is 0 Å². The fourth-order valence-corrected chi connectivity index (χ4v) is 11.4. The van der Waals surface area contributed by atoms with E-state index in [2.05, 4.69) is 86.8 Å². The summed E-state index contributed by atoms with van der Waals surface area (Å²) in [6.07, 6.45) is 104. The number of ether oxygens (including phenoxy) is 2. The second-order valence-electron chi connectivity index (χ2n) is 25.4. The van der Waals surface area contributed by atoms with Crippen LogP contribution in [-0.2, 0) is 19.1 Å². The molecule has 0 heterocycles. The predicted octanol–water partition coefficient (Wildman–Crippen LogP) is 26.2. The molecular weight excluding hydrogens is 1030 g/mol. The van der Waals surface area contributed by atoms with Crippen molar-refractivity contribution in [2.45, 2.75) is 405 Å². The van der Waals surface area contributed by atoms with Crippen LogP contribution in [0.1, 0.15) is 399 Å². The molecule has 0 saturated heterocycles. The second kappa shape index (κ2) is 74.6. The molecule has 5 heteroatoms. The standard InChI is InChI=1S/C79H144O5/c1-3-5-7-9-11-13-15-17-19-21-23-25-27-29-31-33-35-37-38-39-40-42-43-45-47-49-51-53-55-57-59-61-63-65-67-69-71-73-78(81)83-76-77(75-80)84-79(82)74-72-70-68-66-64-62-60-58-56-54-52-50-48-46-44-41-36-34-32-30-28-26-24-22-20-18-16-14-12-10-8-6-4-2/h6,8,12,14,18,20,24,26,30,32,36,41,77,80H,3-5,7,9-11,13,15-17,19,21-23,25,27-29,31,33-35,37-40,42-76H2,1-2H3/b8-6-,14-12-,20-18-,26-24-,32-30-,41-36-. The highest BCUT2D eigenvalue weighted by Crippen LogP contribution is 2.19. The zero-order valence-corrected chi connectivity index (χ0v) is 56.4. The molecule has 1 atom stereocenters. The zero-order chi connectivity index (χ0) is 60.5.